The summed E-state index contributed by atoms with van der Waals surface area (Å²) in [5.74, 6) is -5.49. The van der Waals surface area contributed by atoms with Gasteiger partial charge >= 0.3 is 6.18 Å². The van der Waals surface area contributed by atoms with E-state index in [9.17, 15) is 36.3 Å². The highest BCUT2D eigenvalue weighted by Crippen LogP contribution is 2.36. The number of anilines is 1. The van der Waals surface area contributed by atoms with Gasteiger partial charge < -0.3 is 15.2 Å². The molecule has 1 saturated carbocycles. The van der Waals surface area contributed by atoms with Crippen LogP contribution in [-0.2, 0) is 17.5 Å². The van der Waals surface area contributed by atoms with Gasteiger partial charge in [0.25, 0.3) is 11.8 Å². The van der Waals surface area contributed by atoms with Crippen molar-refractivity contribution in [1.82, 2.24) is 14.9 Å². The number of imidazole rings is 1. The summed E-state index contributed by atoms with van der Waals surface area (Å²) in [7, 11) is 0. The first-order valence-corrected chi connectivity index (χ1v) is 12.7. The van der Waals surface area contributed by atoms with Gasteiger partial charge in [0.2, 0.25) is 5.82 Å². The van der Waals surface area contributed by atoms with E-state index in [2.05, 4.69) is 15.6 Å². The Labute approximate surface area is 230 Å². The molecule has 2 amide bonds. The average molecular weight is 583 g/mol. The Morgan fingerprint density at radius 3 is 2.38 bits per heavy atom. The van der Waals surface area contributed by atoms with Crippen LogP contribution in [0.15, 0.2) is 36.4 Å². The van der Waals surface area contributed by atoms with Crippen molar-refractivity contribution >= 4 is 35.0 Å². The highest BCUT2D eigenvalue weighted by Gasteiger charge is 2.33. The summed E-state index contributed by atoms with van der Waals surface area (Å²) in [6, 6.07) is 4.81. The number of hydrogen-bond acceptors (Lipinski definition) is 4. The van der Waals surface area contributed by atoms with Crippen LogP contribution in [0.25, 0.3) is 0 Å². The average Bonchev–Trinajstić information content (AvgIpc) is 3.18. The summed E-state index contributed by atoms with van der Waals surface area (Å²) in [6.07, 6.45) is -2.51. The van der Waals surface area contributed by atoms with Gasteiger partial charge in [-0.05, 0) is 68.1 Å². The number of carbonyl (C=O) groups excluding carboxylic acids is 3. The zero-order valence-electron chi connectivity index (χ0n) is 21.3. The van der Waals surface area contributed by atoms with Crippen LogP contribution < -0.4 is 10.6 Å². The molecular weight excluding hydrogens is 559 g/mol. The van der Waals surface area contributed by atoms with Crippen molar-refractivity contribution in [3.63, 3.8) is 0 Å². The Kier molecular flexibility index (Phi) is 8.29. The maximum atomic E-state index is 14.2. The van der Waals surface area contributed by atoms with Crippen molar-refractivity contribution in [2.45, 2.75) is 57.8 Å². The second-order valence-electron chi connectivity index (χ2n) is 9.63. The third-order valence-electron chi connectivity index (χ3n) is 6.58. The number of aromatic nitrogens is 2. The van der Waals surface area contributed by atoms with Gasteiger partial charge in [-0.25, -0.2) is 13.8 Å². The fourth-order valence-corrected chi connectivity index (χ4v) is 4.69. The monoisotopic (exact) mass is 582 g/mol. The number of alkyl halides is 3. The molecule has 0 unspecified atom stereocenters. The summed E-state index contributed by atoms with van der Waals surface area (Å²) in [6.45, 7) is 2.48. The lowest BCUT2D eigenvalue weighted by molar-refractivity contribution is -0.137. The molecule has 2 aromatic carbocycles. The van der Waals surface area contributed by atoms with Crippen LogP contribution in [-0.4, -0.2) is 33.2 Å². The number of ketones is 1. The molecule has 0 radical (unpaired) electrons. The molecule has 3 aromatic rings. The fourth-order valence-electron chi connectivity index (χ4n) is 4.41. The van der Waals surface area contributed by atoms with Crippen LogP contribution in [0, 0.1) is 11.6 Å². The molecular formula is C27H24ClF5N4O3. The molecule has 0 saturated heterocycles. The van der Waals surface area contributed by atoms with Crippen LogP contribution >= 0.6 is 11.6 Å². The summed E-state index contributed by atoms with van der Waals surface area (Å²) in [5, 5.41) is 5.29. The van der Waals surface area contributed by atoms with Crippen LogP contribution in [0.1, 0.15) is 76.8 Å². The standard InChI is InChI=1S/C27H24ClF5N4O3/c1-13(38)12-37-22(14(2)20-11-17(29)6-7-21(20)28)23(35-24(37)26(40)34-19-4-3-5-19)36-25(39)15-8-16(27(31,32)33)10-18(30)9-15/h6-11,14,19H,3-5,12H2,1-2H3,(H,34,40)(H,36,39)/t14-/m0/s1. The number of hydrogen-bond donors (Lipinski definition) is 2. The molecule has 0 aliphatic heterocycles. The third-order valence-corrected chi connectivity index (χ3v) is 6.93. The number of Topliss-reactive ketones (excluding diaryl/α,β-unsaturated/α-hetero) is 1. The van der Waals surface area contributed by atoms with E-state index in [0.29, 0.717) is 12.1 Å². The van der Waals surface area contributed by atoms with E-state index < -0.39 is 46.7 Å². The summed E-state index contributed by atoms with van der Waals surface area (Å²) < 4.78 is 69.1. The minimum Gasteiger partial charge on any atom is -0.347 e. The Balaban J connectivity index is 1.84. The van der Waals surface area contributed by atoms with Crippen molar-refractivity contribution < 1.29 is 36.3 Å². The predicted octanol–water partition coefficient (Wildman–Crippen LogP) is 6.11. The SMILES string of the molecule is CC(=O)Cn1c(C(=O)NC2CCC2)nc(NC(=O)c2cc(F)cc(C(F)(F)F)c2)c1[C@@H](C)c1cc(F)ccc1Cl. The zero-order chi connectivity index (χ0) is 29.4. The lowest BCUT2D eigenvalue weighted by Gasteiger charge is -2.26. The third kappa shape index (κ3) is 6.33. The normalized spacial score (nSPS) is 14.4. The molecule has 0 spiro atoms. The Bertz CT molecular complexity index is 1480. The number of benzene rings is 2. The lowest BCUT2D eigenvalue weighted by atomic mass is 9.93. The molecule has 212 valence electrons. The minimum atomic E-state index is -4.92. The molecule has 2 N–H and O–H groups in total. The van der Waals surface area contributed by atoms with Crippen molar-refractivity contribution in [2.24, 2.45) is 0 Å². The lowest BCUT2D eigenvalue weighted by Crippen LogP contribution is -2.40. The van der Waals surface area contributed by atoms with Gasteiger partial charge in [-0.3, -0.25) is 14.4 Å². The number of rotatable bonds is 8. The topological polar surface area (TPSA) is 93.1 Å². The first-order chi connectivity index (χ1) is 18.7. The Hall–Kier alpha value is -3.80. The summed E-state index contributed by atoms with van der Waals surface area (Å²) >= 11 is 6.32. The predicted molar refractivity (Wildman–Crippen MR) is 136 cm³/mol. The van der Waals surface area contributed by atoms with Gasteiger partial charge in [0, 0.05) is 22.5 Å². The molecule has 1 atom stereocenters. The molecule has 7 nitrogen and oxygen atoms in total. The highest BCUT2D eigenvalue weighted by molar-refractivity contribution is 6.31. The molecule has 1 aromatic heterocycles. The van der Waals surface area contributed by atoms with Crippen LogP contribution in [0.5, 0.6) is 0 Å². The van der Waals surface area contributed by atoms with Crippen molar-refractivity contribution in [3.8, 4) is 0 Å². The Morgan fingerprint density at radius 2 is 1.77 bits per heavy atom. The van der Waals surface area contributed by atoms with Gasteiger partial charge in [-0.2, -0.15) is 13.2 Å². The number of nitrogens with zero attached hydrogens (tertiary/aromatic N) is 2. The maximum Gasteiger partial charge on any atom is 0.416 e. The second-order valence-corrected chi connectivity index (χ2v) is 10.0. The minimum absolute atomic E-state index is 0.0715. The first kappa shape index (κ1) is 29.2. The Morgan fingerprint density at radius 1 is 1.07 bits per heavy atom. The maximum absolute atomic E-state index is 14.2. The molecule has 1 fully saturated rings. The van der Waals surface area contributed by atoms with E-state index in [4.69, 9.17) is 11.6 Å². The van der Waals surface area contributed by atoms with E-state index in [0.717, 1.165) is 31.4 Å². The number of nitrogens with one attached hydrogen (secondary N) is 2. The van der Waals surface area contributed by atoms with E-state index >= 15 is 0 Å². The molecule has 1 heterocycles. The van der Waals surface area contributed by atoms with Crippen molar-refractivity contribution in [1.29, 1.82) is 0 Å². The van der Waals surface area contributed by atoms with Gasteiger partial charge in [0.15, 0.2) is 5.82 Å². The first-order valence-electron chi connectivity index (χ1n) is 12.3. The molecule has 13 heteroatoms. The highest BCUT2D eigenvalue weighted by atomic mass is 35.5. The van der Waals surface area contributed by atoms with Crippen molar-refractivity contribution in [2.75, 3.05) is 5.32 Å². The van der Waals surface area contributed by atoms with Crippen LogP contribution in [0.2, 0.25) is 5.02 Å². The zero-order valence-corrected chi connectivity index (χ0v) is 22.1. The van der Waals surface area contributed by atoms with E-state index in [1.807, 2.05) is 0 Å². The van der Waals surface area contributed by atoms with E-state index in [1.54, 1.807) is 6.92 Å². The van der Waals surface area contributed by atoms with E-state index in [1.165, 1.54) is 17.6 Å². The van der Waals surface area contributed by atoms with Crippen LogP contribution in [0.4, 0.5) is 27.8 Å². The van der Waals surface area contributed by atoms with Crippen molar-refractivity contribution in [3.05, 3.63) is 81.3 Å². The van der Waals surface area contributed by atoms with E-state index in [-0.39, 0.29) is 52.4 Å². The molecule has 1 aliphatic rings. The quantitative estimate of drug-likeness (QED) is 0.314. The smallest absolute Gasteiger partial charge is 0.347 e. The van der Waals surface area contributed by atoms with Gasteiger partial charge in [-0.15, -0.1) is 0 Å². The number of carbonyl (C=O) groups is 3. The molecule has 1 aliphatic carbocycles. The molecule has 4 rings (SSSR count). The van der Waals surface area contributed by atoms with Crippen LogP contribution in [0.3, 0.4) is 0 Å². The summed E-state index contributed by atoms with van der Waals surface area (Å²) in [5.41, 5.74) is -1.73. The number of halogens is 6. The van der Waals surface area contributed by atoms with Gasteiger partial charge in [-0.1, -0.05) is 18.5 Å². The number of amides is 2. The van der Waals surface area contributed by atoms with Gasteiger partial charge in [0.1, 0.15) is 17.4 Å². The summed E-state index contributed by atoms with van der Waals surface area (Å²) in [4.78, 5) is 42.7. The second kappa shape index (κ2) is 11.4. The largest absolute Gasteiger partial charge is 0.416 e. The fraction of sp³-hybridized carbons (Fsp3) is 0.333. The molecule has 40 heavy (non-hydrogen) atoms. The van der Waals surface area contributed by atoms with Gasteiger partial charge in [0.05, 0.1) is 17.8 Å². The molecule has 0 bridgehead atoms.